The average molecular weight is 672 g/mol. The molecule has 2 fully saturated rings. The maximum absolute atomic E-state index is 15.4. The zero-order valence-electron chi connectivity index (χ0n) is 25.8. The molecule has 7 nitrogen and oxygen atoms in total. The molecule has 3 aromatic rings. The lowest BCUT2D eigenvalue weighted by molar-refractivity contribution is -0.160. The van der Waals surface area contributed by atoms with Crippen LogP contribution in [0.1, 0.15) is 31.2 Å². The first kappa shape index (κ1) is 33.8. The molecule has 2 aliphatic rings. The van der Waals surface area contributed by atoms with Gasteiger partial charge < -0.3 is 23.9 Å². The molecule has 1 aliphatic heterocycles. The predicted molar refractivity (Wildman–Crippen MR) is 167 cm³/mol. The van der Waals surface area contributed by atoms with Gasteiger partial charge in [-0.25, -0.2) is 18.8 Å². The van der Waals surface area contributed by atoms with Crippen molar-refractivity contribution in [2.24, 2.45) is 10.4 Å². The van der Waals surface area contributed by atoms with Gasteiger partial charge in [0.05, 0.1) is 41.4 Å². The van der Waals surface area contributed by atoms with Crippen molar-refractivity contribution < 1.29 is 41.3 Å². The SMILES string of the molecule is CSC(CCC1(CO)COC1)=Nc1cc(F)c(Oc2ccnc3c2c(C2(C(F)(F)F)CC2)cn3COCC[Si](C)(C)C)c(F)c1. The van der Waals surface area contributed by atoms with E-state index in [9.17, 15) is 18.3 Å². The summed E-state index contributed by atoms with van der Waals surface area (Å²) in [5.41, 5.74) is -2.27. The van der Waals surface area contributed by atoms with Gasteiger partial charge in [-0.2, -0.15) is 13.2 Å². The molecule has 0 bridgehead atoms. The molecule has 5 rings (SSSR count). The van der Waals surface area contributed by atoms with Crippen LogP contribution in [-0.4, -0.2) is 66.6 Å². The van der Waals surface area contributed by atoms with Crippen molar-refractivity contribution in [3.05, 3.63) is 47.8 Å². The molecule has 0 radical (unpaired) electrons. The summed E-state index contributed by atoms with van der Waals surface area (Å²) in [5.74, 6) is -2.99. The largest absolute Gasteiger partial charge is 0.450 e. The third-order valence-corrected chi connectivity index (χ3v) is 10.9. The van der Waals surface area contributed by atoms with E-state index in [1.165, 1.54) is 34.8 Å². The Kier molecular flexibility index (Phi) is 9.73. The zero-order valence-corrected chi connectivity index (χ0v) is 27.6. The Labute approximate surface area is 264 Å². The topological polar surface area (TPSA) is 78.1 Å². The average Bonchev–Trinajstić information content (AvgIpc) is 3.68. The number of aliphatic hydroxyl groups is 1. The first-order valence-electron chi connectivity index (χ1n) is 14.8. The van der Waals surface area contributed by atoms with Gasteiger partial charge >= 0.3 is 6.18 Å². The minimum absolute atomic E-state index is 0.0208. The lowest BCUT2D eigenvalue weighted by atomic mass is 9.82. The van der Waals surface area contributed by atoms with Crippen molar-refractivity contribution in [2.75, 3.05) is 32.7 Å². The monoisotopic (exact) mass is 671 g/mol. The van der Waals surface area contributed by atoms with Gasteiger partial charge in [-0.05, 0) is 49.6 Å². The molecule has 0 spiro atoms. The second kappa shape index (κ2) is 12.9. The van der Waals surface area contributed by atoms with E-state index in [0.717, 1.165) is 18.2 Å². The summed E-state index contributed by atoms with van der Waals surface area (Å²) in [4.78, 5) is 8.72. The molecule has 3 heterocycles. The number of thioether (sulfide) groups is 1. The molecule has 246 valence electrons. The second-order valence-electron chi connectivity index (χ2n) is 13.1. The minimum atomic E-state index is -4.54. The maximum Gasteiger partial charge on any atom is 0.398 e. The van der Waals surface area contributed by atoms with Crippen molar-refractivity contribution in [1.29, 1.82) is 0 Å². The molecule has 1 aromatic carbocycles. The number of ether oxygens (including phenoxy) is 3. The zero-order chi connectivity index (χ0) is 32.6. The van der Waals surface area contributed by atoms with Crippen LogP contribution in [0.3, 0.4) is 0 Å². The van der Waals surface area contributed by atoms with Crippen LogP contribution in [0.2, 0.25) is 25.7 Å². The molecule has 1 saturated carbocycles. The smallest absolute Gasteiger partial charge is 0.398 e. The summed E-state index contributed by atoms with van der Waals surface area (Å²) in [5, 5.41) is 10.3. The van der Waals surface area contributed by atoms with Gasteiger partial charge in [-0.1, -0.05) is 19.6 Å². The fourth-order valence-electron chi connectivity index (χ4n) is 5.35. The number of hydrogen-bond donors (Lipinski definition) is 1. The van der Waals surface area contributed by atoms with Crippen LogP contribution in [0, 0.1) is 17.0 Å². The summed E-state index contributed by atoms with van der Waals surface area (Å²) < 4.78 is 92.0. The number of benzene rings is 1. The van der Waals surface area contributed by atoms with Crippen molar-refractivity contribution in [1.82, 2.24) is 9.55 Å². The summed E-state index contributed by atoms with van der Waals surface area (Å²) in [6.45, 7) is 7.89. The van der Waals surface area contributed by atoms with Crippen molar-refractivity contribution in [3.63, 3.8) is 0 Å². The van der Waals surface area contributed by atoms with E-state index in [0.29, 0.717) is 37.7 Å². The Hall–Kier alpha value is -2.52. The molecular formula is C31H38F5N3O4SSi. The Morgan fingerprint density at radius 3 is 2.40 bits per heavy atom. The van der Waals surface area contributed by atoms with Gasteiger partial charge in [-0.3, -0.25) is 0 Å². The van der Waals surface area contributed by atoms with Crippen molar-refractivity contribution >= 4 is 41.6 Å². The van der Waals surface area contributed by atoms with E-state index in [2.05, 4.69) is 29.6 Å². The van der Waals surface area contributed by atoms with E-state index < -0.39 is 37.0 Å². The van der Waals surface area contributed by atoms with Crippen LogP contribution in [0.25, 0.3) is 11.0 Å². The number of hydrogen-bond acceptors (Lipinski definition) is 7. The summed E-state index contributed by atoms with van der Waals surface area (Å²) in [7, 11) is -1.39. The lowest BCUT2D eigenvalue weighted by Crippen LogP contribution is -2.45. The maximum atomic E-state index is 15.4. The number of aromatic nitrogens is 2. The summed E-state index contributed by atoms with van der Waals surface area (Å²) >= 11 is 1.33. The number of nitrogens with zero attached hydrogens (tertiary/aromatic N) is 3. The van der Waals surface area contributed by atoms with Crippen LogP contribution >= 0.6 is 11.8 Å². The normalized spacial score (nSPS) is 17.9. The second-order valence-corrected chi connectivity index (χ2v) is 19.7. The molecule has 1 aliphatic carbocycles. The Morgan fingerprint density at radius 1 is 1.18 bits per heavy atom. The number of aliphatic hydroxyl groups excluding tert-OH is 1. The number of pyridine rings is 1. The number of rotatable bonds is 13. The highest BCUT2D eigenvalue weighted by atomic mass is 32.2. The lowest BCUT2D eigenvalue weighted by Gasteiger charge is -2.40. The molecule has 0 unspecified atom stereocenters. The van der Waals surface area contributed by atoms with E-state index in [1.54, 1.807) is 6.26 Å². The number of alkyl halides is 3. The van der Waals surface area contributed by atoms with E-state index in [4.69, 9.17) is 14.2 Å². The van der Waals surface area contributed by atoms with E-state index in [1.807, 2.05) is 0 Å². The Morgan fingerprint density at radius 2 is 1.87 bits per heavy atom. The van der Waals surface area contributed by atoms with Crippen molar-refractivity contribution in [3.8, 4) is 11.5 Å². The number of fused-ring (bicyclic) bond motifs is 1. The molecular weight excluding hydrogens is 634 g/mol. The quantitative estimate of drug-likeness (QED) is 0.0649. The first-order chi connectivity index (χ1) is 21.2. The summed E-state index contributed by atoms with van der Waals surface area (Å²) in [6.07, 6.45) is 0.854. The summed E-state index contributed by atoms with van der Waals surface area (Å²) in [6, 6.07) is 4.24. The molecule has 0 atom stereocenters. The highest BCUT2D eigenvalue weighted by Gasteiger charge is 2.65. The van der Waals surface area contributed by atoms with Crippen LogP contribution in [0.5, 0.6) is 11.5 Å². The Balaban J connectivity index is 1.45. The molecule has 45 heavy (non-hydrogen) atoms. The highest BCUT2D eigenvalue weighted by molar-refractivity contribution is 8.13. The number of halogens is 5. The molecule has 0 amide bonds. The minimum Gasteiger partial charge on any atom is -0.450 e. The third-order valence-electron chi connectivity index (χ3n) is 8.46. The number of aliphatic imine (C=N–C) groups is 1. The van der Waals surface area contributed by atoms with Gasteiger partial charge in [0.1, 0.15) is 18.1 Å². The molecule has 1 saturated heterocycles. The third kappa shape index (κ3) is 7.24. The van der Waals surface area contributed by atoms with Gasteiger partial charge in [-0.15, -0.1) is 11.8 Å². The molecule has 14 heteroatoms. The van der Waals surface area contributed by atoms with E-state index in [-0.39, 0.29) is 59.6 Å². The first-order valence-corrected chi connectivity index (χ1v) is 19.7. The van der Waals surface area contributed by atoms with Crippen LogP contribution in [-0.2, 0) is 21.6 Å². The van der Waals surface area contributed by atoms with Crippen LogP contribution in [0.4, 0.5) is 27.6 Å². The van der Waals surface area contributed by atoms with Gasteiger partial charge in [0, 0.05) is 44.6 Å². The molecule has 2 aromatic heterocycles. The van der Waals surface area contributed by atoms with Crippen molar-refractivity contribution in [2.45, 2.75) is 69.7 Å². The highest BCUT2D eigenvalue weighted by Crippen LogP contribution is 2.61. The fourth-order valence-corrected chi connectivity index (χ4v) is 6.61. The fraction of sp³-hybridized carbons (Fsp3) is 0.548. The van der Waals surface area contributed by atoms with Gasteiger partial charge in [0.25, 0.3) is 0 Å². The standard InChI is InChI=1S/C31H38F5N3O4SSi/c1-44-25(5-7-29(16-40)17-42-18-29)38-20-13-22(32)27(23(33)14-20)43-24-6-10-37-28-26(24)21(30(8-9-30)31(34,35)36)15-39(28)19-41-11-12-45(2,3)4/h6,10,13-15,40H,5,7-9,11-12,16-19H2,1-4H3. The predicted octanol–water partition coefficient (Wildman–Crippen LogP) is 8.20. The van der Waals surface area contributed by atoms with E-state index >= 15 is 8.78 Å². The van der Waals surface area contributed by atoms with Gasteiger partial charge in [0.15, 0.2) is 17.4 Å². The van der Waals surface area contributed by atoms with Crippen LogP contribution in [0.15, 0.2) is 35.6 Å². The van der Waals surface area contributed by atoms with Crippen LogP contribution < -0.4 is 4.74 Å². The molecule has 1 N–H and O–H groups in total. The van der Waals surface area contributed by atoms with Gasteiger partial charge in [0.2, 0.25) is 0 Å². The Bertz CT molecular complexity index is 1540.